The Morgan fingerprint density at radius 2 is 2.25 bits per heavy atom. The number of aromatic nitrogens is 3. The van der Waals surface area contributed by atoms with Crippen molar-refractivity contribution in [1.29, 1.82) is 0 Å². The van der Waals surface area contributed by atoms with Crippen LogP contribution >= 0.6 is 11.3 Å². The number of hydrogen-bond donors (Lipinski definition) is 2. The van der Waals surface area contributed by atoms with Crippen molar-refractivity contribution in [3.8, 4) is 0 Å². The maximum atomic E-state index is 13.2. The molecule has 0 aliphatic heterocycles. The number of rotatable bonds is 2. The first kappa shape index (κ1) is 12.4. The van der Waals surface area contributed by atoms with Gasteiger partial charge in [0.25, 0.3) is 5.91 Å². The molecule has 100 valence electrons. The Bertz CT molecular complexity index is 844. The number of anilines is 1. The molecule has 2 heterocycles. The number of fused-ring (bicyclic) bond motifs is 1. The highest BCUT2D eigenvalue weighted by Crippen LogP contribution is 2.12. The first-order valence-electron chi connectivity index (χ1n) is 5.53. The van der Waals surface area contributed by atoms with Crippen LogP contribution in [0.1, 0.15) is 10.4 Å². The summed E-state index contributed by atoms with van der Waals surface area (Å²) in [6.45, 7) is 0. The molecule has 0 unspecified atom stereocenters. The zero-order valence-electron chi connectivity index (χ0n) is 9.88. The zero-order chi connectivity index (χ0) is 14.1. The predicted octanol–water partition coefficient (Wildman–Crippen LogP) is 1.77. The highest BCUT2D eigenvalue weighted by Gasteiger charge is 2.14. The predicted molar refractivity (Wildman–Crippen MR) is 72.4 cm³/mol. The molecule has 6 nitrogen and oxygen atoms in total. The van der Waals surface area contributed by atoms with E-state index in [2.05, 4.69) is 20.5 Å². The minimum absolute atomic E-state index is 0.113. The Labute approximate surface area is 115 Å². The fourth-order valence-corrected chi connectivity index (χ4v) is 2.19. The first-order valence-corrected chi connectivity index (χ1v) is 6.41. The van der Waals surface area contributed by atoms with E-state index in [0.717, 1.165) is 17.4 Å². The Balaban J connectivity index is 2.06. The van der Waals surface area contributed by atoms with E-state index in [-0.39, 0.29) is 16.1 Å². The maximum absolute atomic E-state index is 13.2. The number of hydrogen-bond acceptors (Lipinski definition) is 5. The lowest BCUT2D eigenvalue weighted by atomic mass is 10.1. The molecule has 0 radical (unpaired) electrons. The molecule has 2 N–H and O–H groups in total. The minimum Gasteiger partial charge on any atom is -0.360 e. The molecule has 0 atom stereocenters. The molecular weight excluding hydrogens is 283 g/mol. The fourth-order valence-electron chi connectivity index (χ4n) is 1.75. The second-order valence-corrected chi connectivity index (χ2v) is 4.75. The fraction of sp³-hybridized carbons (Fsp3) is 0. The highest BCUT2D eigenvalue weighted by atomic mass is 32.1. The third kappa shape index (κ3) is 2.16. The maximum Gasteiger partial charge on any atom is 0.262 e. The van der Waals surface area contributed by atoms with Gasteiger partial charge in [0.2, 0.25) is 10.6 Å². The van der Waals surface area contributed by atoms with Crippen molar-refractivity contribution in [2.24, 2.45) is 0 Å². The van der Waals surface area contributed by atoms with Crippen LogP contribution in [0.25, 0.3) is 10.9 Å². The summed E-state index contributed by atoms with van der Waals surface area (Å²) in [5.74, 6) is -1.15. The van der Waals surface area contributed by atoms with Crippen molar-refractivity contribution in [3.63, 3.8) is 0 Å². The summed E-state index contributed by atoms with van der Waals surface area (Å²) in [5, 5.41) is 10.1. The van der Waals surface area contributed by atoms with Gasteiger partial charge in [-0.05, 0) is 18.2 Å². The van der Waals surface area contributed by atoms with E-state index in [1.165, 1.54) is 23.8 Å². The Morgan fingerprint density at radius 3 is 3.00 bits per heavy atom. The molecule has 1 aromatic carbocycles. The summed E-state index contributed by atoms with van der Waals surface area (Å²) in [6, 6.07) is 3.77. The monoisotopic (exact) mass is 290 g/mol. The van der Waals surface area contributed by atoms with E-state index in [0.29, 0.717) is 5.52 Å². The van der Waals surface area contributed by atoms with Crippen molar-refractivity contribution in [2.75, 3.05) is 5.32 Å². The van der Waals surface area contributed by atoms with Gasteiger partial charge in [-0.2, -0.15) is 0 Å². The number of carbonyl (C=O) groups is 1. The largest absolute Gasteiger partial charge is 0.360 e. The van der Waals surface area contributed by atoms with Crippen molar-refractivity contribution >= 4 is 33.3 Å². The summed E-state index contributed by atoms with van der Waals surface area (Å²) in [4.78, 5) is 26.9. The standard InChI is InChI=1S/C12H7FN4O2S/c13-6-1-2-9-7(3-6)10(18)8(4-14-9)11(19)16-12-17-15-5-20-12/h1-5H,(H,14,18)(H,16,17,19). The number of nitrogens with one attached hydrogen (secondary N) is 2. The number of pyridine rings is 1. The summed E-state index contributed by atoms with van der Waals surface area (Å²) in [7, 11) is 0. The topological polar surface area (TPSA) is 87.7 Å². The van der Waals surface area contributed by atoms with Crippen LogP contribution in [0.2, 0.25) is 0 Å². The van der Waals surface area contributed by atoms with Gasteiger partial charge in [0.05, 0.1) is 0 Å². The number of halogens is 1. The SMILES string of the molecule is O=C(Nc1nncs1)c1c[nH]c2ccc(F)cc2c1=O. The normalized spacial score (nSPS) is 10.7. The molecule has 1 amide bonds. The zero-order valence-corrected chi connectivity index (χ0v) is 10.7. The molecule has 0 aliphatic rings. The smallest absolute Gasteiger partial charge is 0.262 e. The van der Waals surface area contributed by atoms with Crippen molar-refractivity contribution in [1.82, 2.24) is 15.2 Å². The molecule has 0 aliphatic carbocycles. The van der Waals surface area contributed by atoms with Crippen LogP contribution < -0.4 is 10.7 Å². The minimum atomic E-state index is -0.617. The van der Waals surface area contributed by atoms with E-state index in [4.69, 9.17) is 0 Å². The number of H-pyrrole nitrogens is 1. The van der Waals surface area contributed by atoms with Crippen LogP contribution in [0.4, 0.5) is 9.52 Å². The molecule has 3 rings (SSSR count). The Morgan fingerprint density at radius 1 is 1.40 bits per heavy atom. The lowest BCUT2D eigenvalue weighted by Gasteiger charge is -2.03. The lowest BCUT2D eigenvalue weighted by molar-refractivity contribution is 0.102. The number of benzene rings is 1. The van der Waals surface area contributed by atoms with Gasteiger partial charge in [0.15, 0.2) is 0 Å². The molecule has 0 saturated heterocycles. The molecule has 3 aromatic rings. The van der Waals surface area contributed by atoms with Gasteiger partial charge in [-0.15, -0.1) is 10.2 Å². The second-order valence-electron chi connectivity index (χ2n) is 3.92. The van der Waals surface area contributed by atoms with Gasteiger partial charge in [-0.1, -0.05) is 11.3 Å². The van der Waals surface area contributed by atoms with E-state index in [1.54, 1.807) is 0 Å². The van der Waals surface area contributed by atoms with Crippen LogP contribution in [0.5, 0.6) is 0 Å². The third-order valence-electron chi connectivity index (χ3n) is 2.67. The number of nitrogens with zero attached hydrogens (tertiary/aromatic N) is 2. The van der Waals surface area contributed by atoms with Crippen molar-refractivity contribution in [2.45, 2.75) is 0 Å². The van der Waals surface area contributed by atoms with Crippen molar-refractivity contribution < 1.29 is 9.18 Å². The molecule has 0 fully saturated rings. The quantitative estimate of drug-likeness (QED) is 0.753. The Hall–Kier alpha value is -2.61. The number of carbonyl (C=O) groups excluding carboxylic acids is 1. The van der Waals surface area contributed by atoms with Gasteiger partial charge in [-0.25, -0.2) is 4.39 Å². The van der Waals surface area contributed by atoms with Gasteiger partial charge in [0, 0.05) is 17.1 Å². The molecule has 8 heteroatoms. The molecule has 20 heavy (non-hydrogen) atoms. The van der Waals surface area contributed by atoms with E-state index < -0.39 is 17.2 Å². The first-order chi connectivity index (χ1) is 9.65. The van der Waals surface area contributed by atoms with Crippen LogP contribution in [-0.2, 0) is 0 Å². The van der Waals surface area contributed by atoms with Gasteiger partial charge >= 0.3 is 0 Å². The third-order valence-corrected chi connectivity index (χ3v) is 3.27. The number of aromatic amines is 1. The summed E-state index contributed by atoms with van der Waals surface area (Å²) >= 11 is 1.13. The second kappa shape index (κ2) is 4.82. The lowest BCUT2D eigenvalue weighted by Crippen LogP contribution is -2.22. The molecule has 0 bridgehead atoms. The van der Waals surface area contributed by atoms with Crippen LogP contribution in [0.15, 0.2) is 34.7 Å². The van der Waals surface area contributed by atoms with E-state index in [1.807, 2.05) is 0 Å². The summed E-state index contributed by atoms with van der Waals surface area (Å²) in [5.41, 5.74) is 1.26. The molecule has 2 aromatic heterocycles. The molecule has 0 spiro atoms. The van der Waals surface area contributed by atoms with E-state index in [9.17, 15) is 14.0 Å². The highest BCUT2D eigenvalue weighted by molar-refractivity contribution is 7.13. The molecular formula is C12H7FN4O2S. The summed E-state index contributed by atoms with van der Waals surface area (Å²) < 4.78 is 13.2. The van der Waals surface area contributed by atoms with Crippen LogP contribution in [0, 0.1) is 5.82 Å². The number of amides is 1. The van der Waals surface area contributed by atoms with Gasteiger partial charge in [-0.3, -0.25) is 14.9 Å². The van der Waals surface area contributed by atoms with Crippen LogP contribution in [-0.4, -0.2) is 21.1 Å². The van der Waals surface area contributed by atoms with Gasteiger partial charge in [0.1, 0.15) is 16.9 Å². The Kier molecular flexibility index (Phi) is 2.99. The average Bonchev–Trinajstić information content (AvgIpc) is 2.92. The average molecular weight is 290 g/mol. The van der Waals surface area contributed by atoms with Crippen molar-refractivity contribution in [3.05, 3.63) is 51.5 Å². The van der Waals surface area contributed by atoms with Crippen LogP contribution in [0.3, 0.4) is 0 Å². The van der Waals surface area contributed by atoms with Gasteiger partial charge < -0.3 is 4.98 Å². The van der Waals surface area contributed by atoms with E-state index >= 15 is 0 Å². The molecule has 0 saturated carbocycles. The summed E-state index contributed by atoms with van der Waals surface area (Å²) in [6.07, 6.45) is 1.29.